The Morgan fingerprint density at radius 3 is 2.86 bits per heavy atom. The van der Waals surface area contributed by atoms with Gasteiger partial charge in [0.2, 0.25) is 5.88 Å². The van der Waals surface area contributed by atoms with E-state index in [4.69, 9.17) is 14.2 Å². The summed E-state index contributed by atoms with van der Waals surface area (Å²) in [5.41, 5.74) is 0. The summed E-state index contributed by atoms with van der Waals surface area (Å²) >= 11 is 0. The molecule has 0 spiro atoms. The number of methoxy groups -OCH3 is 1. The van der Waals surface area contributed by atoms with Crippen LogP contribution in [0.25, 0.3) is 0 Å². The van der Waals surface area contributed by atoms with Gasteiger partial charge in [0.15, 0.2) is 0 Å². The molecule has 1 rings (SSSR count). The topological polar surface area (TPSA) is 40.6 Å². The molecule has 0 N–H and O–H groups in total. The fraction of sp³-hybridized carbons (Fsp3) is 0.556. The van der Waals surface area contributed by atoms with Crippen LogP contribution >= 0.6 is 8.35 Å². The zero-order valence-electron chi connectivity index (χ0n) is 8.18. The van der Waals surface area contributed by atoms with Crippen molar-refractivity contribution in [2.24, 2.45) is 0 Å². The van der Waals surface area contributed by atoms with Crippen LogP contribution in [0.3, 0.4) is 0 Å². The van der Waals surface area contributed by atoms with E-state index < -0.39 is 0 Å². The van der Waals surface area contributed by atoms with Gasteiger partial charge in [-0.3, -0.25) is 0 Å². The maximum Gasteiger partial charge on any atom is 0.217 e. The highest BCUT2D eigenvalue weighted by Crippen LogP contribution is 2.08. The van der Waals surface area contributed by atoms with Crippen molar-refractivity contribution in [3.8, 4) is 5.88 Å². The average molecular weight is 215 g/mol. The molecule has 0 unspecified atom stereocenters. The van der Waals surface area contributed by atoms with Crippen molar-refractivity contribution in [2.45, 2.75) is 0 Å². The van der Waals surface area contributed by atoms with Crippen LogP contribution in [-0.2, 0) is 9.47 Å². The SMILES string of the molecule is COCCOCCOc1cccpn1. The molecule has 0 aromatic carbocycles. The van der Waals surface area contributed by atoms with Crippen LogP contribution in [0.15, 0.2) is 17.9 Å². The van der Waals surface area contributed by atoms with Gasteiger partial charge < -0.3 is 14.2 Å². The Bertz CT molecular complexity index is 233. The molecule has 0 atom stereocenters. The molecular weight excluding hydrogens is 201 g/mol. The van der Waals surface area contributed by atoms with E-state index in [-0.39, 0.29) is 0 Å². The Morgan fingerprint density at radius 1 is 1.29 bits per heavy atom. The molecule has 14 heavy (non-hydrogen) atoms. The van der Waals surface area contributed by atoms with Crippen molar-refractivity contribution in [1.29, 1.82) is 0 Å². The summed E-state index contributed by atoms with van der Waals surface area (Å²) in [5.74, 6) is 2.62. The van der Waals surface area contributed by atoms with Gasteiger partial charge in [-0.25, -0.2) is 0 Å². The molecule has 0 fully saturated rings. The summed E-state index contributed by atoms with van der Waals surface area (Å²) in [6.45, 7) is 2.32. The van der Waals surface area contributed by atoms with E-state index in [9.17, 15) is 0 Å². The molecule has 0 radical (unpaired) electrons. The van der Waals surface area contributed by atoms with E-state index in [1.54, 1.807) is 7.11 Å². The van der Waals surface area contributed by atoms with Crippen LogP contribution < -0.4 is 4.74 Å². The minimum absolute atomic E-state index is 0.530. The number of hydrogen-bond donors (Lipinski definition) is 0. The lowest BCUT2D eigenvalue weighted by Gasteiger charge is -2.05. The van der Waals surface area contributed by atoms with Gasteiger partial charge >= 0.3 is 0 Å². The number of nitrogens with zero attached hydrogens (tertiary/aromatic N) is 1. The second kappa shape index (κ2) is 7.68. The van der Waals surface area contributed by atoms with Gasteiger partial charge in [-0.1, -0.05) is 6.07 Å². The monoisotopic (exact) mass is 215 g/mol. The van der Waals surface area contributed by atoms with Crippen molar-refractivity contribution >= 4 is 8.35 Å². The normalized spacial score (nSPS) is 10.6. The van der Waals surface area contributed by atoms with Crippen LogP contribution in [0.2, 0.25) is 0 Å². The van der Waals surface area contributed by atoms with Crippen LogP contribution in [0.4, 0.5) is 0 Å². The first-order valence-electron chi connectivity index (χ1n) is 4.40. The van der Waals surface area contributed by atoms with Crippen molar-refractivity contribution in [1.82, 2.24) is 4.75 Å². The number of ether oxygens (including phenoxy) is 3. The predicted molar refractivity (Wildman–Crippen MR) is 54.9 cm³/mol. The highest BCUT2D eigenvalue weighted by Gasteiger charge is 1.92. The second-order valence-corrected chi connectivity index (χ2v) is 3.24. The van der Waals surface area contributed by atoms with Crippen LogP contribution in [-0.4, -0.2) is 38.3 Å². The molecule has 0 aliphatic heterocycles. The fourth-order valence-electron chi connectivity index (χ4n) is 0.814. The Kier molecular flexibility index (Phi) is 6.24. The first-order chi connectivity index (χ1) is 6.93. The van der Waals surface area contributed by atoms with Gasteiger partial charge in [-0.2, -0.15) is 4.75 Å². The van der Waals surface area contributed by atoms with Gasteiger partial charge in [-0.05, 0) is 5.80 Å². The second-order valence-electron chi connectivity index (χ2n) is 2.52. The van der Waals surface area contributed by atoms with Gasteiger partial charge in [0.25, 0.3) is 0 Å². The molecule has 0 aliphatic carbocycles. The standard InChI is InChI=1S/C9H14NO3P/c1-11-4-5-12-6-7-13-9-3-2-8-14-10-9/h2-3,8H,4-7H2,1H3. The van der Waals surface area contributed by atoms with Crippen molar-refractivity contribution in [3.63, 3.8) is 0 Å². The van der Waals surface area contributed by atoms with Gasteiger partial charge in [0, 0.05) is 21.5 Å². The van der Waals surface area contributed by atoms with Gasteiger partial charge in [-0.15, -0.1) is 0 Å². The highest BCUT2D eigenvalue weighted by atomic mass is 31.0. The van der Waals surface area contributed by atoms with Crippen LogP contribution in [0.1, 0.15) is 0 Å². The lowest BCUT2D eigenvalue weighted by atomic mass is 10.6. The minimum atomic E-state index is 0.530. The molecule has 78 valence electrons. The third-order valence-corrected chi connectivity index (χ3v) is 2.08. The summed E-state index contributed by atoms with van der Waals surface area (Å²) < 4.78 is 19.5. The largest absolute Gasteiger partial charge is 0.475 e. The summed E-state index contributed by atoms with van der Waals surface area (Å²) in [6.07, 6.45) is 0. The van der Waals surface area contributed by atoms with Crippen molar-refractivity contribution < 1.29 is 14.2 Å². The van der Waals surface area contributed by atoms with E-state index in [0.717, 1.165) is 8.35 Å². The summed E-state index contributed by atoms with van der Waals surface area (Å²) in [6, 6.07) is 3.77. The Labute approximate surface area is 85.4 Å². The molecule has 4 nitrogen and oxygen atoms in total. The molecule has 1 aromatic heterocycles. The summed E-state index contributed by atoms with van der Waals surface area (Å²) in [4.78, 5) is 0. The Balaban J connectivity index is 1.99. The first-order valence-corrected chi connectivity index (χ1v) is 5.32. The van der Waals surface area contributed by atoms with Gasteiger partial charge in [0.05, 0.1) is 19.8 Å². The zero-order valence-corrected chi connectivity index (χ0v) is 9.07. The van der Waals surface area contributed by atoms with E-state index in [0.29, 0.717) is 32.3 Å². The first kappa shape index (κ1) is 11.4. The highest BCUT2D eigenvalue weighted by molar-refractivity contribution is 7.24. The molecule has 1 heterocycles. The van der Waals surface area contributed by atoms with Crippen molar-refractivity contribution in [2.75, 3.05) is 33.5 Å². The molecular formula is C9H14NO3P. The minimum Gasteiger partial charge on any atom is -0.475 e. The smallest absolute Gasteiger partial charge is 0.217 e. The van der Waals surface area contributed by atoms with E-state index in [1.807, 2.05) is 17.9 Å². The fourth-order valence-corrected chi connectivity index (χ4v) is 1.28. The molecule has 0 saturated heterocycles. The maximum atomic E-state index is 5.33. The number of aromatic nitrogens is 1. The number of hydrogen-bond acceptors (Lipinski definition) is 4. The Morgan fingerprint density at radius 2 is 2.14 bits per heavy atom. The van der Waals surface area contributed by atoms with E-state index in [2.05, 4.69) is 4.75 Å². The molecule has 5 heteroatoms. The quantitative estimate of drug-likeness (QED) is 0.649. The van der Waals surface area contributed by atoms with Crippen LogP contribution in [0.5, 0.6) is 5.88 Å². The lowest BCUT2D eigenvalue weighted by molar-refractivity contribution is 0.0538. The summed E-state index contributed by atoms with van der Waals surface area (Å²) in [5, 5.41) is 0. The number of rotatable bonds is 7. The molecule has 0 aliphatic rings. The van der Waals surface area contributed by atoms with Crippen LogP contribution in [0, 0.1) is 0 Å². The predicted octanol–water partition coefficient (Wildman–Crippen LogP) is 1.70. The summed E-state index contributed by atoms with van der Waals surface area (Å²) in [7, 11) is 2.57. The zero-order chi connectivity index (χ0) is 10.1. The maximum absolute atomic E-state index is 5.33. The third kappa shape index (κ3) is 5.12. The van der Waals surface area contributed by atoms with E-state index in [1.165, 1.54) is 0 Å². The lowest BCUT2D eigenvalue weighted by Crippen LogP contribution is -2.10. The molecule has 0 saturated carbocycles. The average Bonchev–Trinajstić information content (AvgIpc) is 2.25. The third-order valence-electron chi connectivity index (χ3n) is 1.46. The van der Waals surface area contributed by atoms with E-state index >= 15 is 0 Å². The van der Waals surface area contributed by atoms with Crippen molar-refractivity contribution in [3.05, 3.63) is 17.9 Å². The molecule has 0 amide bonds. The molecule has 0 bridgehead atoms. The molecule has 1 aromatic rings. The Hall–Kier alpha value is -0.700. The van der Waals surface area contributed by atoms with Gasteiger partial charge in [0.1, 0.15) is 6.61 Å².